The molecule has 1 atom stereocenters. The first-order chi connectivity index (χ1) is 7.84. The van der Waals surface area contributed by atoms with Crippen molar-refractivity contribution in [3.05, 3.63) is 48.3 Å². The first-order valence-corrected chi connectivity index (χ1v) is 5.28. The Morgan fingerprint density at radius 2 is 2.06 bits per heavy atom. The molecule has 1 aliphatic heterocycles. The molecule has 0 radical (unpaired) electrons. The number of anilines is 1. The highest BCUT2D eigenvalue weighted by Gasteiger charge is 2.17. The van der Waals surface area contributed by atoms with Gasteiger partial charge in [0, 0.05) is 5.70 Å². The van der Waals surface area contributed by atoms with Crippen LogP contribution in [0.1, 0.15) is 18.5 Å². The predicted octanol–water partition coefficient (Wildman–Crippen LogP) is 2.31. The van der Waals surface area contributed by atoms with Crippen LogP contribution >= 0.6 is 0 Å². The van der Waals surface area contributed by atoms with E-state index >= 15 is 0 Å². The summed E-state index contributed by atoms with van der Waals surface area (Å²) in [5.41, 5.74) is 2.26. The third-order valence-corrected chi connectivity index (χ3v) is 2.70. The number of rotatable bonds is 1. The zero-order chi connectivity index (χ0) is 11.0. The number of allylic oxidation sites excluding steroid dienone is 1. The molecule has 1 aliphatic rings. The molecule has 1 N–H and O–H groups in total. The lowest BCUT2D eigenvalue weighted by atomic mass is 10.1. The van der Waals surface area contributed by atoms with Crippen molar-refractivity contribution in [2.75, 3.05) is 5.32 Å². The van der Waals surface area contributed by atoms with Crippen LogP contribution in [0.2, 0.25) is 0 Å². The van der Waals surface area contributed by atoms with Crippen LogP contribution in [0.3, 0.4) is 0 Å². The standard InChI is InChI=1S/C12H12N4/c1-9-7-11(10-5-3-2-4-6-10)15-12-13-8-14-16(9)12/h2-9H,1H3,(H,13,14,15). The number of benzene rings is 1. The summed E-state index contributed by atoms with van der Waals surface area (Å²) >= 11 is 0. The molecular weight excluding hydrogens is 200 g/mol. The van der Waals surface area contributed by atoms with Crippen molar-refractivity contribution in [1.82, 2.24) is 14.8 Å². The summed E-state index contributed by atoms with van der Waals surface area (Å²) < 4.78 is 1.87. The van der Waals surface area contributed by atoms with Crippen molar-refractivity contribution in [1.29, 1.82) is 0 Å². The SMILES string of the molecule is CC1C=C(c2ccccc2)Nc2ncnn21. The van der Waals surface area contributed by atoms with Gasteiger partial charge < -0.3 is 5.32 Å². The number of hydrogen-bond acceptors (Lipinski definition) is 3. The molecule has 0 saturated heterocycles. The highest BCUT2D eigenvalue weighted by molar-refractivity contribution is 5.76. The van der Waals surface area contributed by atoms with E-state index in [9.17, 15) is 0 Å². The molecule has 1 unspecified atom stereocenters. The minimum Gasteiger partial charge on any atom is -0.324 e. The van der Waals surface area contributed by atoms with Gasteiger partial charge >= 0.3 is 0 Å². The molecule has 1 aromatic heterocycles. The van der Waals surface area contributed by atoms with Crippen molar-refractivity contribution < 1.29 is 0 Å². The molecule has 0 amide bonds. The van der Waals surface area contributed by atoms with Crippen molar-refractivity contribution >= 4 is 11.6 Å². The number of aromatic nitrogens is 3. The monoisotopic (exact) mass is 212 g/mol. The topological polar surface area (TPSA) is 42.7 Å². The van der Waals surface area contributed by atoms with Crippen LogP contribution in [0.25, 0.3) is 5.70 Å². The summed E-state index contributed by atoms with van der Waals surface area (Å²) in [6.07, 6.45) is 3.72. The maximum absolute atomic E-state index is 4.18. The second-order valence-corrected chi connectivity index (χ2v) is 3.84. The van der Waals surface area contributed by atoms with Gasteiger partial charge in [-0.1, -0.05) is 30.3 Å². The molecule has 0 bridgehead atoms. The van der Waals surface area contributed by atoms with Crippen LogP contribution in [0.5, 0.6) is 0 Å². The highest BCUT2D eigenvalue weighted by atomic mass is 15.4. The van der Waals surface area contributed by atoms with Crippen LogP contribution < -0.4 is 5.32 Å². The van der Waals surface area contributed by atoms with E-state index in [1.807, 2.05) is 22.9 Å². The summed E-state index contributed by atoms with van der Waals surface area (Å²) in [5, 5.41) is 7.44. The molecule has 4 heteroatoms. The highest BCUT2D eigenvalue weighted by Crippen LogP contribution is 2.26. The van der Waals surface area contributed by atoms with E-state index in [0.717, 1.165) is 11.6 Å². The first-order valence-electron chi connectivity index (χ1n) is 5.28. The van der Waals surface area contributed by atoms with Crippen LogP contribution in [-0.4, -0.2) is 14.8 Å². The summed E-state index contributed by atoms with van der Waals surface area (Å²) in [6.45, 7) is 2.10. The Labute approximate surface area is 93.6 Å². The van der Waals surface area contributed by atoms with E-state index in [0.29, 0.717) is 0 Å². The van der Waals surface area contributed by atoms with E-state index in [2.05, 4.69) is 40.5 Å². The van der Waals surface area contributed by atoms with Crippen LogP contribution in [0.4, 0.5) is 5.95 Å². The lowest BCUT2D eigenvalue weighted by molar-refractivity contribution is 0.581. The molecule has 0 saturated carbocycles. The van der Waals surface area contributed by atoms with Crippen molar-refractivity contribution in [3.63, 3.8) is 0 Å². The summed E-state index contributed by atoms with van der Waals surface area (Å²) in [6, 6.07) is 10.5. The molecule has 80 valence electrons. The average molecular weight is 212 g/mol. The molecule has 3 rings (SSSR count). The molecule has 0 aliphatic carbocycles. The lowest BCUT2D eigenvalue weighted by Gasteiger charge is -2.21. The van der Waals surface area contributed by atoms with Gasteiger partial charge in [-0.15, -0.1) is 0 Å². The van der Waals surface area contributed by atoms with Crippen molar-refractivity contribution in [2.24, 2.45) is 0 Å². The number of fused-ring (bicyclic) bond motifs is 1. The van der Waals surface area contributed by atoms with Gasteiger partial charge in [-0.3, -0.25) is 0 Å². The Morgan fingerprint density at radius 3 is 2.88 bits per heavy atom. The molecular formula is C12H12N4. The zero-order valence-corrected chi connectivity index (χ0v) is 8.96. The van der Waals surface area contributed by atoms with Crippen LogP contribution in [-0.2, 0) is 0 Å². The largest absolute Gasteiger partial charge is 0.324 e. The fourth-order valence-electron chi connectivity index (χ4n) is 1.90. The lowest BCUT2D eigenvalue weighted by Crippen LogP contribution is -2.17. The van der Waals surface area contributed by atoms with Gasteiger partial charge in [0.05, 0.1) is 6.04 Å². The van der Waals surface area contributed by atoms with Gasteiger partial charge in [-0.05, 0) is 18.6 Å². The first kappa shape index (κ1) is 9.15. The second kappa shape index (κ2) is 3.48. The molecule has 2 aromatic rings. The zero-order valence-electron chi connectivity index (χ0n) is 8.96. The van der Waals surface area contributed by atoms with Crippen LogP contribution in [0.15, 0.2) is 42.7 Å². The summed E-state index contributed by atoms with van der Waals surface area (Å²) in [5.74, 6) is 0.800. The Kier molecular flexibility index (Phi) is 1.99. The normalized spacial score (nSPS) is 18.6. The van der Waals surface area contributed by atoms with E-state index < -0.39 is 0 Å². The van der Waals surface area contributed by atoms with Gasteiger partial charge in [0.25, 0.3) is 0 Å². The van der Waals surface area contributed by atoms with Gasteiger partial charge in [0.2, 0.25) is 5.95 Å². The molecule has 4 nitrogen and oxygen atoms in total. The van der Waals surface area contributed by atoms with E-state index in [1.165, 1.54) is 5.56 Å². The maximum Gasteiger partial charge on any atom is 0.226 e. The maximum atomic E-state index is 4.18. The Morgan fingerprint density at radius 1 is 1.25 bits per heavy atom. The molecule has 2 heterocycles. The Hall–Kier alpha value is -2.10. The number of nitrogens with zero attached hydrogens (tertiary/aromatic N) is 3. The molecule has 16 heavy (non-hydrogen) atoms. The molecule has 1 aromatic carbocycles. The van der Waals surface area contributed by atoms with E-state index in [-0.39, 0.29) is 6.04 Å². The summed E-state index contributed by atoms with van der Waals surface area (Å²) in [4.78, 5) is 4.18. The predicted molar refractivity (Wildman–Crippen MR) is 62.8 cm³/mol. The Bertz CT molecular complexity index is 527. The van der Waals surface area contributed by atoms with E-state index in [4.69, 9.17) is 0 Å². The fraction of sp³-hybridized carbons (Fsp3) is 0.167. The van der Waals surface area contributed by atoms with Gasteiger partial charge in [0.1, 0.15) is 6.33 Å². The fourth-order valence-corrected chi connectivity index (χ4v) is 1.90. The third-order valence-electron chi connectivity index (χ3n) is 2.70. The van der Waals surface area contributed by atoms with E-state index in [1.54, 1.807) is 6.33 Å². The van der Waals surface area contributed by atoms with Gasteiger partial charge in [0.15, 0.2) is 0 Å². The third kappa shape index (κ3) is 1.39. The number of hydrogen-bond donors (Lipinski definition) is 1. The Balaban J connectivity index is 2.01. The minimum absolute atomic E-state index is 0.231. The summed E-state index contributed by atoms with van der Waals surface area (Å²) in [7, 11) is 0. The van der Waals surface area contributed by atoms with Crippen molar-refractivity contribution in [2.45, 2.75) is 13.0 Å². The smallest absolute Gasteiger partial charge is 0.226 e. The van der Waals surface area contributed by atoms with Gasteiger partial charge in [-0.25, -0.2) is 4.68 Å². The average Bonchev–Trinajstić information content (AvgIpc) is 2.79. The molecule has 0 fully saturated rings. The van der Waals surface area contributed by atoms with Crippen LogP contribution in [0, 0.1) is 0 Å². The number of nitrogens with one attached hydrogen (secondary N) is 1. The second-order valence-electron chi connectivity index (χ2n) is 3.84. The quantitative estimate of drug-likeness (QED) is 0.788. The van der Waals surface area contributed by atoms with Gasteiger partial charge in [-0.2, -0.15) is 10.1 Å². The minimum atomic E-state index is 0.231. The molecule has 0 spiro atoms. The van der Waals surface area contributed by atoms with Crippen molar-refractivity contribution in [3.8, 4) is 0 Å².